The van der Waals surface area contributed by atoms with Crippen LogP contribution in [0, 0.1) is 6.92 Å². The second kappa shape index (κ2) is 6.83. The molecule has 0 saturated heterocycles. The summed E-state index contributed by atoms with van der Waals surface area (Å²) in [6, 6.07) is 16.4. The Bertz CT molecular complexity index is 541. The van der Waals surface area contributed by atoms with Gasteiger partial charge in [-0.1, -0.05) is 37.6 Å². The molecule has 0 saturated carbocycles. The minimum Gasteiger partial charge on any atom is -0.151 e. The molecule has 0 unspecified atom stereocenters. The predicted molar refractivity (Wildman–Crippen MR) is 80.4 cm³/mol. The summed E-state index contributed by atoms with van der Waals surface area (Å²) >= 11 is 0. The molecule has 2 heteroatoms. The maximum atomic E-state index is 4.26. The lowest BCUT2D eigenvalue weighted by molar-refractivity contribution is 0.795. The zero-order chi connectivity index (χ0) is 13.5. The summed E-state index contributed by atoms with van der Waals surface area (Å²) in [6.45, 7) is 4.27. The second-order valence-corrected chi connectivity index (χ2v) is 4.81. The zero-order valence-corrected chi connectivity index (χ0v) is 11.6. The highest BCUT2D eigenvalue weighted by Gasteiger charge is 1.94. The topological polar surface area (TPSA) is 24.7 Å². The molecule has 0 aliphatic carbocycles. The molecule has 0 radical (unpaired) electrons. The molecule has 2 rings (SSSR count). The molecule has 98 valence electrons. The molecular weight excluding hydrogens is 232 g/mol. The van der Waals surface area contributed by atoms with E-state index in [0.717, 1.165) is 17.8 Å². The minimum atomic E-state index is 0.898. The summed E-state index contributed by atoms with van der Waals surface area (Å²) in [5.74, 6) is 0. The van der Waals surface area contributed by atoms with Crippen LogP contribution in [0.2, 0.25) is 0 Å². The van der Waals surface area contributed by atoms with Gasteiger partial charge in [0.05, 0.1) is 11.4 Å². The Hall–Kier alpha value is -1.96. The molecule has 2 nitrogen and oxygen atoms in total. The molecule has 0 atom stereocenters. The minimum absolute atomic E-state index is 0.898. The Morgan fingerprint density at radius 3 is 2.32 bits per heavy atom. The quantitative estimate of drug-likeness (QED) is 0.605. The van der Waals surface area contributed by atoms with Gasteiger partial charge in [0.1, 0.15) is 0 Å². The van der Waals surface area contributed by atoms with Crippen LogP contribution < -0.4 is 0 Å². The highest BCUT2D eigenvalue weighted by atomic mass is 15.1. The number of aryl methyl sites for hydroxylation is 2. The number of nitrogens with zero attached hydrogens (tertiary/aromatic N) is 2. The summed E-state index contributed by atoms with van der Waals surface area (Å²) in [5, 5.41) is 8.52. The van der Waals surface area contributed by atoms with E-state index >= 15 is 0 Å². The first-order valence-electron chi connectivity index (χ1n) is 6.85. The third-order valence-electron chi connectivity index (χ3n) is 3.04. The van der Waals surface area contributed by atoms with Crippen molar-refractivity contribution in [3.8, 4) is 0 Å². The fourth-order valence-corrected chi connectivity index (χ4v) is 1.92. The summed E-state index contributed by atoms with van der Waals surface area (Å²) in [5.41, 5.74) is 4.37. The summed E-state index contributed by atoms with van der Waals surface area (Å²) < 4.78 is 0. The average Bonchev–Trinajstić information content (AvgIpc) is 2.44. The molecule has 0 bridgehead atoms. The van der Waals surface area contributed by atoms with E-state index in [2.05, 4.69) is 42.3 Å². The molecule has 0 aliphatic heterocycles. The largest absolute Gasteiger partial charge is 0.151 e. The Labute approximate surface area is 115 Å². The number of hydrogen-bond acceptors (Lipinski definition) is 2. The Kier molecular flexibility index (Phi) is 4.85. The molecule has 2 aromatic rings. The van der Waals surface area contributed by atoms with Gasteiger partial charge in [0, 0.05) is 0 Å². The first-order chi connectivity index (χ1) is 9.28. The van der Waals surface area contributed by atoms with E-state index in [1.807, 2.05) is 30.3 Å². The number of hydrogen-bond donors (Lipinski definition) is 0. The third kappa shape index (κ3) is 4.32. The smallest absolute Gasteiger partial charge is 0.0859 e. The molecule has 0 N–H and O–H groups in total. The molecule has 0 aromatic heterocycles. The molecule has 0 amide bonds. The van der Waals surface area contributed by atoms with Crippen molar-refractivity contribution in [2.45, 2.75) is 33.1 Å². The van der Waals surface area contributed by atoms with Crippen LogP contribution in [-0.4, -0.2) is 0 Å². The van der Waals surface area contributed by atoms with Gasteiger partial charge in [0.15, 0.2) is 0 Å². The fraction of sp³-hybridized carbons (Fsp3) is 0.294. The Morgan fingerprint density at radius 2 is 1.63 bits per heavy atom. The van der Waals surface area contributed by atoms with E-state index in [1.165, 1.54) is 24.0 Å². The van der Waals surface area contributed by atoms with Crippen molar-refractivity contribution >= 4 is 11.4 Å². The first-order valence-corrected chi connectivity index (χ1v) is 6.85. The number of rotatable bonds is 5. The van der Waals surface area contributed by atoms with Gasteiger partial charge in [-0.2, -0.15) is 10.2 Å². The van der Waals surface area contributed by atoms with Gasteiger partial charge in [-0.25, -0.2) is 0 Å². The van der Waals surface area contributed by atoms with Gasteiger partial charge in [0.2, 0.25) is 0 Å². The van der Waals surface area contributed by atoms with Crippen molar-refractivity contribution in [3.63, 3.8) is 0 Å². The molecule has 0 heterocycles. The Balaban J connectivity index is 2.03. The van der Waals surface area contributed by atoms with E-state index < -0.39 is 0 Å². The molecular formula is C17H20N2. The first kappa shape index (κ1) is 13.5. The number of azo groups is 1. The van der Waals surface area contributed by atoms with Crippen molar-refractivity contribution in [2.75, 3.05) is 0 Å². The van der Waals surface area contributed by atoms with Gasteiger partial charge in [-0.15, -0.1) is 0 Å². The predicted octanol–water partition coefficient (Wildman–Crippen LogP) is 5.75. The maximum Gasteiger partial charge on any atom is 0.0859 e. The van der Waals surface area contributed by atoms with Crippen molar-refractivity contribution in [2.24, 2.45) is 10.2 Å². The molecule has 2 aromatic carbocycles. The summed E-state index contributed by atoms with van der Waals surface area (Å²) in [7, 11) is 0. The van der Waals surface area contributed by atoms with Crippen LogP contribution >= 0.6 is 0 Å². The number of unbranched alkanes of at least 4 members (excludes halogenated alkanes) is 1. The van der Waals surface area contributed by atoms with Gasteiger partial charge in [-0.3, -0.25) is 0 Å². The van der Waals surface area contributed by atoms with E-state index in [-0.39, 0.29) is 0 Å². The van der Waals surface area contributed by atoms with Crippen LogP contribution in [-0.2, 0) is 6.42 Å². The van der Waals surface area contributed by atoms with Crippen LogP contribution in [0.1, 0.15) is 30.9 Å². The van der Waals surface area contributed by atoms with Crippen LogP contribution in [0.15, 0.2) is 58.8 Å². The molecule has 19 heavy (non-hydrogen) atoms. The average molecular weight is 252 g/mol. The van der Waals surface area contributed by atoms with Crippen LogP contribution in [0.5, 0.6) is 0 Å². The fourth-order valence-electron chi connectivity index (χ4n) is 1.92. The molecule has 0 spiro atoms. The van der Waals surface area contributed by atoms with E-state index in [9.17, 15) is 0 Å². The van der Waals surface area contributed by atoms with Crippen molar-refractivity contribution < 1.29 is 0 Å². The van der Waals surface area contributed by atoms with Crippen LogP contribution in [0.3, 0.4) is 0 Å². The standard InChI is InChI=1S/C17H20N2/c1-3-4-7-15-9-11-16(12-10-15)18-19-17-8-5-6-14(2)13-17/h5-6,8-13H,3-4,7H2,1-2H3. The maximum absolute atomic E-state index is 4.26. The molecule has 0 fully saturated rings. The van der Waals surface area contributed by atoms with Crippen LogP contribution in [0.25, 0.3) is 0 Å². The normalized spacial score (nSPS) is 11.1. The van der Waals surface area contributed by atoms with E-state index in [1.54, 1.807) is 0 Å². The lowest BCUT2D eigenvalue weighted by Gasteiger charge is -1.99. The lowest BCUT2D eigenvalue weighted by atomic mass is 10.1. The Morgan fingerprint density at radius 1 is 0.895 bits per heavy atom. The van der Waals surface area contributed by atoms with Crippen LogP contribution in [0.4, 0.5) is 11.4 Å². The van der Waals surface area contributed by atoms with E-state index in [0.29, 0.717) is 0 Å². The third-order valence-corrected chi connectivity index (χ3v) is 3.04. The van der Waals surface area contributed by atoms with Crippen molar-refractivity contribution in [1.29, 1.82) is 0 Å². The summed E-state index contributed by atoms with van der Waals surface area (Å²) in [4.78, 5) is 0. The highest BCUT2D eigenvalue weighted by Crippen LogP contribution is 2.19. The van der Waals surface area contributed by atoms with Gasteiger partial charge < -0.3 is 0 Å². The summed E-state index contributed by atoms with van der Waals surface area (Å²) in [6.07, 6.45) is 3.62. The van der Waals surface area contributed by atoms with Gasteiger partial charge in [-0.05, 0) is 55.2 Å². The zero-order valence-electron chi connectivity index (χ0n) is 11.6. The highest BCUT2D eigenvalue weighted by molar-refractivity contribution is 5.42. The van der Waals surface area contributed by atoms with E-state index in [4.69, 9.17) is 0 Å². The lowest BCUT2D eigenvalue weighted by Crippen LogP contribution is -1.82. The van der Waals surface area contributed by atoms with Gasteiger partial charge >= 0.3 is 0 Å². The SMILES string of the molecule is CCCCc1ccc(N=Nc2cccc(C)c2)cc1. The van der Waals surface area contributed by atoms with Crippen molar-refractivity contribution in [1.82, 2.24) is 0 Å². The second-order valence-electron chi connectivity index (χ2n) is 4.81. The molecule has 0 aliphatic rings. The van der Waals surface area contributed by atoms with Gasteiger partial charge in [0.25, 0.3) is 0 Å². The van der Waals surface area contributed by atoms with Crippen molar-refractivity contribution in [3.05, 3.63) is 59.7 Å². The number of benzene rings is 2. The monoisotopic (exact) mass is 252 g/mol.